The fourth-order valence-electron chi connectivity index (χ4n) is 1.71. The molecule has 1 nitrogen and oxygen atoms in total. The molecule has 1 heterocycles. The number of nitrogens with zero attached hydrogens (tertiary/aromatic N) is 1. The van der Waals surface area contributed by atoms with Gasteiger partial charge in [-0.15, -0.1) is 0 Å². The predicted octanol–water partition coefficient (Wildman–Crippen LogP) is 4.56. The van der Waals surface area contributed by atoms with Crippen molar-refractivity contribution < 1.29 is 0 Å². The summed E-state index contributed by atoms with van der Waals surface area (Å²) in [4.78, 5) is 4.45. The minimum atomic E-state index is 0.161. The van der Waals surface area contributed by atoms with Crippen LogP contribution in [0.3, 0.4) is 0 Å². The number of pyridine rings is 1. The molecule has 0 spiro atoms. The summed E-state index contributed by atoms with van der Waals surface area (Å²) in [5.74, 6) is 0. The fraction of sp³-hybridized carbons (Fsp3) is 0.400. The first-order valence-electron chi connectivity index (χ1n) is 5.93. The smallest absolute Gasteiger partial charge is 0.0739 e. The van der Waals surface area contributed by atoms with Crippen molar-refractivity contribution in [3.63, 3.8) is 0 Å². The van der Waals surface area contributed by atoms with Crippen LogP contribution in [-0.4, -0.2) is 4.98 Å². The zero-order valence-electron chi connectivity index (χ0n) is 10.9. The van der Waals surface area contributed by atoms with Gasteiger partial charge in [-0.3, -0.25) is 4.98 Å². The Bertz CT molecular complexity index is 447. The third-order valence-corrected chi connectivity index (χ3v) is 2.44. The number of para-hydroxylation sites is 1. The van der Waals surface area contributed by atoms with E-state index in [4.69, 9.17) is 0 Å². The predicted molar refractivity (Wildman–Crippen MR) is 71.8 cm³/mol. The van der Waals surface area contributed by atoms with Gasteiger partial charge in [0.05, 0.1) is 5.52 Å². The highest BCUT2D eigenvalue weighted by Gasteiger charge is 2.16. The first-order valence-corrected chi connectivity index (χ1v) is 5.93. The molecule has 1 heteroatoms. The van der Waals surface area contributed by atoms with E-state index in [1.54, 1.807) is 0 Å². The standard InChI is InChI=1S/C13H15N.C2H6/c1-13(2,3)11-8-4-6-10-7-5-9-14-12(10)11;1-2/h4-9H,1-3H3;1-2H3. The van der Waals surface area contributed by atoms with Crippen LogP contribution in [0.15, 0.2) is 36.5 Å². The Kier molecular flexibility index (Phi) is 4.05. The van der Waals surface area contributed by atoms with E-state index in [-0.39, 0.29) is 5.41 Å². The second kappa shape index (κ2) is 5.11. The molecule has 0 saturated carbocycles. The Hall–Kier alpha value is -1.37. The van der Waals surface area contributed by atoms with Gasteiger partial charge < -0.3 is 0 Å². The van der Waals surface area contributed by atoms with Crippen LogP contribution in [0.1, 0.15) is 40.2 Å². The van der Waals surface area contributed by atoms with Crippen molar-refractivity contribution in [2.75, 3.05) is 0 Å². The van der Waals surface area contributed by atoms with E-state index in [2.05, 4.69) is 50.0 Å². The van der Waals surface area contributed by atoms with Gasteiger partial charge in [0, 0.05) is 11.6 Å². The third-order valence-electron chi connectivity index (χ3n) is 2.44. The summed E-state index contributed by atoms with van der Waals surface area (Å²) in [7, 11) is 0. The lowest BCUT2D eigenvalue weighted by atomic mass is 9.85. The van der Waals surface area contributed by atoms with Crippen LogP contribution in [0.5, 0.6) is 0 Å². The van der Waals surface area contributed by atoms with Gasteiger partial charge in [-0.1, -0.05) is 58.9 Å². The molecule has 0 bridgehead atoms. The number of hydrogen-bond acceptors (Lipinski definition) is 1. The number of fused-ring (bicyclic) bond motifs is 1. The van der Waals surface area contributed by atoms with Crippen LogP contribution < -0.4 is 0 Å². The van der Waals surface area contributed by atoms with E-state index in [0.717, 1.165) is 5.52 Å². The average Bonchev–Trinajstić information content (AvgIpc) is 2.30. The van der Waals surface area contributed by atoms with Crippen LogP contribution in [0.4, 0.5) is 0 Å². The van der Waals surface area contributed by atoms with E-state index < -0.39 is 0 Å². The Morgan fingerprint density at radius 3 is 2.19 bits per heavy atom. The van der Waals surface area contributed by atoms with Crippen LogP contribution in [0.25, 0.3) is 10.9 Å². The molecule has 0 aliphatic carbocycles. The summed E-state index contributed by atoms with van der Waals surface area (Å²) in [6.45, 7) is 10.7. The topological polar surface area (TPSA) is 12.9 Å². The van der Waals surface area contributed by atoms with Crippen molar-refractivity contribution in [2.45, 2.75) is 40.0 Å². The van der Waals surface area contributed by atoms with Crippen molar-refractivity contribution in [3.8, 4) is 0 Å². The van der Waals surface area contributed by atoms with Crippen molar-refractivity contribution >= 4 is 10.9 Å². The van der Waals surface area contributed by atoms with Crippen molar-refractivity contribution in [1.82, 2.24) is 4.98 Å². The molecule has 1 aromatic carbocycles. The monoisotopic (exact) mass is 215 g/mol. The molecule has 0 saturated heterocycles. The number of rotatable bonds is 0. The van der Waals surface area contributed by atoms with Gasteiger partial charge in [-0.2, -0.15) is 0 Å². The second-order valence-corrected chi connectivity index (χ2v) is 4.63. The minimum absolute atomic E-state index is 0.161. The van der Waals surface area contributed by atoms with Gasteiger partial charge in [0.15, 0.2) is 0 Å². The fourth-order valence-corrected chi connectivity index (χ4v) is 1.71. The average molecular weight is 215 g/mol. The molecule has 0 N–H and O–H groups in total. The number of aromatic nitrogens is 1. The molecular formula is C15H21N. The molecule has 0 aliphatic rings. The first-order chi connectivity index (χ1) is 7.59. The molecule has 86 valence electrons. The Morgan fingerprint density at radius 2 is 1.56 bits per heavy atom. The zero-order chi connectivity index (χ0) is 12.2. The molecule has 2 aromatic rings. The largest absolute Gasteiger partial charge is 0.256 e. The van der Waals surface area contributed by atoms with Crippen molar-refractivity contribution in [2.24, 2.45) is 0 Å². The van der Waals surface area contributed by atoms with Gasteiger partial charge in [0.1, 0.15) is 0 Å². The highest BCUT2D eigenvalue weighted by atomic mass is 14.7. The van der Waals surface area contributed by atoms with E-state index in [9.17, 15) is 0 Å². The molecule has 2 rings (SSSR count). The highest BCUT2D eigenvalue weighted by Crippen LogP contribution is 2.27. The molecule has 16 heavy (non-hydrogen) atoms. The van der Waals surface area contributed by atoms with E-state index in [0.29, 0.717) is 0 Å². The van der Waals surface area contributed by atoms with Gasteiger partial charge >= 0.3 is 0 Å². The van der Waals surface area contributed by atoms with Gasteiger partial charge in [-0.05, 0) is 17.0 Å². The Balaban J connectivity index is 0.000000606. The van der Waals surface area contributed by atoms with Gasteiger partial charge in [0.2, 0.25) is 0 Å². The van der Waals surface area contributed by atoms with Crippen molar-refractivity contribution in [1.29, 1.82) is 0 Å². The van der Waals surface area contributed by atoms with E-state index >= 15 is 0 Å². The van der Waals surface area contributed by atoms with Crippen LogP contribution in [0.2, 0.25) is 0 Å². The zero-order valence-corrected chi connectivity index (χ0v) is 10.9. The maximum absolute atomic E-state index is 4.45. The Labute approximate surface area is 98.5 Å². The maximum Gasteiger partial charge on any atom is 0.0739 e. The maximum atomic E-state index is 4.45. The molecule has 0 atom stereocenters. The molecular weight excluding hydrogens is 194 g/mol. The third kappa shape index (κ3) is 2.60. The highest BCUT2D eigenvalue weighted by molar-refractivity contribution is 5.82. The van der Waals surface area contributed by atoms with Crippen molar-refractivity contribution in [3.05, 3.63) is 42.1 Å². The molecule has 0 unspecified atom stereocenters. The normalized spacial score (nSPS) is 10.8. The Morgan fingerprint density at radius 1 is 0.938 bits per heavy atom. The quantitative estimate of drug-likeness (QED) is 0.628. The molecule has 1 aromatic heterocycles. The summed E-state index contributed by atoms with van der Waals surface area (Å²) in [6.07, 6.45) is 1.86. The van der Waals surface area contributed by atoms with Gasteiger partial charge in [0.25, 0.3) is 0 Å². The lowest BCUT2D eigenvalue weighted by Crippen LogP contribution is -2.11. The summed E-state index contributed by atoms with van der Waals surface area (Å²) in [5.41, 5.74) is 2.60. The molecule has 0 amide bonds. The summed E-state index contributed by atoms with van der Waals surface area (Å²) < 4.78 is 0. The molecule has 0 aliphatic heterocycles. The summed E-state index contributed by atoms with van der Waals surface area (Å²) >= 11 is 0. The van der Waals surface area contributed by atoms with Crippen LogP contribution >= 0.6 is 0 Å². The number of benzene rings is 1. The summed E-state index contributed by atoms with van der Waals surface area (Å²) in [6, 6.07) is 10.5. The number of hydrogen-bond donors (Lipinski definition) is 0. The summed E-state index contributed by atoms with van der Waals surface area (Å²) in [5, 5.41) is 1.22. The SMILES string of the molecule is CC.CC(C)(C)c1cccc2cccnc12. The van der Waals surface area contributed by atoms with Crippen LogP contribution in [0, 0.1) is 0 Å². The second-order valence-electron chi connectivity index (χ2n) is 4.63. The van der Waals surface area contributed by atoms with Gasteiger partial charge in [-0.25, -0.2) is 0 Å². The van der Waals surface area contributed by atoms with E-state index in [1.165, 1.54) is 10.9 Å². The first kappa shape index (κ1) is 12.7. The lowest BCUT2D eigenvalue weighted by Gasteiger charge is -2.20. The van der Waals surface area contributed by atoms with Crippen LogP contribution in [-0.2, 0) is 5.41 Å². The molecule has 0 fully saturated rings. The minimum Gasteiger partial charge on any atom is -0.256 e. The van der Waals surface area contributed by atoms with E-state index in [1.807, 2.05) is 26.1 Å². The molecule has 0 radical (unpaired) electrons. The lowest BCUT2D eigenvalue weighted by molar-refractivity contribution is 0.594.